The number of aromatic nitrogens is 2. The summed E-state index contributed by atoms with van der Waals surface area (Å²) in [6.07, 6.45) is 0. The smallest absolute Gasteiger partial charge is 0.349 e. The van der Waals surface area contributed by atoms with Crippen LogP contribution in [0.25, 0.3) is 22.2 Å². The van der Waals surface area contributed by atoms with Gasteiger partial charge in [-0.3, -0.25) is 9.36 Å². The summed E-state index contributed by atoms with van der Waals surface area (Å²) in [7, 11) is 0. The minimum absolute atomic E-state index is 0.0771. The Morgan fingerprint density at radius 2 is 1.67 bits per heavy atom. The number of benzene rings is 3. The van der Waals surface area contributed by atoms with Crippen LogP contribution in [-0.2, 0) is 17.9 Å². The van der Waals surface area contributed by atoms with E-state index in [4.69, 9.17) is 0 Å². The average Bonchev–Trinajstić information content (AvgIpc) is 2.77. The van der Waals surface area contributed by atoms with Crippen LogP contribution in [0.5, 0.6) is 0 Å². The first-order valence-electron chi connectivity index (χ1n) is 9.91. The molecule has 0 radical (unpaired) electrons. The summed E-state index contributed by atoms with van der Waals surface area (Å²) in [4.78, 5) is 29.7. The number of rotatable bonds is 5. The van der Waals surface area contributed by atoms with Gasteiger partial charge in [-0.15, -0.1) is 0 Å². The van der Waals surface area contributed by atoms with Crippen molar-refractivity contribution in [2.75, 3.05) is 0 Å². The van der Waals surface area contributed by atoms with E-state index in [0.717, 1.165) is 16.5 Å². The zero-order valence-corrected chi connectivity index (χ0v) is 17.1. The van der Waals surface area contributed by atoms with Crippen LogP contribution in [0, 0.1) is 13.8 Å². The van der Waals surface area contributed by atoms with E-state index in [-0.39, 0.29) is 12.5 Å². The fraction of sp³-hybridized carbons (Fsp3) is 0.160. The number of carbonyl (C=O) groups is 1. The molecule has 0 atom stereocenters. The Labute approximate surface area is 175 Å². The van der Waals surface area contributed by atoms with E-state index >= 15 is 0 Å². The van der Waals surface area contributed by atoms with Gasteiger partial charge in [0, 0.05) is 17.5 Å². The Kier molecular flexibility index (Phi) is 5.44. The van der Waals surface area contributed by atoms with E-state index in [1.807, 2.05) is 73.7 Å². The lowest BCUT2D eigenvalue weighted by atomic mass is 10.1. The number of fused-ring (bicyclic) bond motifs is 1. The van der Waals surface area contributed by atoms with Gasteiger partial charge in [0.1, 0.15) is 6.54 Å². The number of hydrogen-bond donors (Lipinski definition) is 1. The average molecular weight is 397 g/mol. The summed E-state index contributed by atoms with van der Waals surface area (Å²) in [5, 5.41) is 3.74. The second kappa shape index (κ2) is 8.33. The number of amides is 1. The van der Waals surface area contributed by atoms with Crippen molar-refractivity contribution < 1.29 is 4.79 Å². The third-order valence-electron chi connectivity index (χ3n) is 5.30. The maximum atomic E-state index is 12.8. The molecular weight excluding hydrogens is 374 g/mol. The predicted molar refractivity (Wildman–Crippen MR) is 119 cm³/mol. The van der Waals surface area contributed by atoms with Gasteiger partial charge in [0.05, 0.1) is 11.2 Å². The minimum atomic E-state index is -0.436. The van der Waals surface area contributed by atoms with Crippen LogP contribution in [0.3, 0.4) is 0 Å². The lowest BCUT2D eigenvalue weighted by Gasteiger charge is -2.13. The highest BCUT2D eigenvalue weighted by Gasteiger charge is 2.14. The number of para-hydroxylation sites is 1. The minimum Gasteiger partial charge on any atom is -0.350 e. The van der Waals surface area contributed by atoms with E-state index in [0.29, 0.717) is 17.8 Å². The summed E-state index contributed by atoms with van der Waals surface area (Å²) < 4.78 is 1.43. The standard InChI is InChI=1S/C25H23N3O2/c1-17-12-13-19(14-18(17)2)15-26-23(29)16-28-22-11-7-6-10-21(22)24(27-25(28)30)20-8-4-3-5-9-20/h3-14H,15-16H2,1-2H3,(H,26,29). The molecule has 5 heteroatoms. The normalized spacial score (nSPS) is 10.9. The molecule has 5 nitrogen and oxygen atoms in total. The van der Waals surface area contributed by atoms with Gasteiger partial charge in [0.25, 0.3) is 0 Å². The molecule has 150 valence electrons. The molecule has 4 rings (SSSR count). The molecule has 1 heterocycles. The van der Waals surface area contributed by atoms with Crippen molar-refractivity contribution in [2.45, 2.75) is 26.9 Å². The topological polar surface area (TPSA) is 64.0 Å². The summed E-state index contributed by atoms with van der Waals surface area (Å²) in [6, 6.07) is 23.3. The van der Waals surface area contributed by atoms with Gasteiger partial charge < -0.3 is 5.32 Å². The Bertz CT molecular complexity index is 1280. The van der Waals surface area contributed by atoms with E-state index < -0.39 is 5.69 Å². The summed E-state index contributed by atoms with van der Waals surface area (Å²) in [5.41, 5.74) is 5.19. The third-order valence-corrected chi connectivity index (χ3v) is 5.30. The van der Waals surface area contributed by atoms with Crippen LogP contribution in [0.2, 0.25) is 0 Å². The predicted octanol–water partition coefficient (Wildman–Crippen LogP) is 4.00. The molecule has 0 aliphatic heterocycles. The SMILES string of the molecule is Cc1ccc(CNC(=O)Cn2c(=O)nc(-c3ccccc3)c3ccccc32)cc1C. The van der Waals surface area contributed by atoms with Crippen LogP contribution in [0.4, 0.5) is 0 Å². The lowest BCUT2D eigenvalue weighted by Crippen LogP contribution is -2.33. The summed E-state index contributed by atoms with van der Waals surface area (Å²) in [5.74, 6) is -0.227. The van der Waals surface area contributed by atoms with Crippen LogP contribution >= 0.6 is 0 Å². The second-order valence-corrected chi connectivity index (χ2v) is 7.41. The first-order valence-corrected chi connectivity index (χ1v) is 9.91. The van der Waals surface area contributed by atoms with Crippen LogP contribution in [-0.4, -0.2) is 15.5 Å². The highest BCUT2D eigenvalue weighted by molar-refractivity contribution is 5.93. The van der Waals surface area contributed by atoms with Crippen molar-refractivity contribution in [2.24, 2.45) is 0 Å². The Balaban J connectivity index is 1.61. The van der Waals surface area contributed by atoms with Crippen LogP contribution < -0.4 is 11.0 Å². The van der Waals surface area contributed by atoms with Crippen molar-refractivity contribution in [3.05, 3.63) is 100.0 Å². The highest BCUT2D eigenvalue weighted by Crippen LogP contribution is 2.24. The van der Waals surface area contributed by atoms with Gasteiger partial charge in [-0.1, -0.05) is 66.7 Å². The molecule has 0 saturated heterocycles. The van der Waals surface area contributed by atoms with Gasteiger partial charge in [-0.25, -0.2) is 4.79 Å². The van der Waals surface area contributed by atoms with Crippen molar-refractivity contribution in [1.29, 1.82) is 0 Å². The fourth-order valence-electron chi connectivity index (χ4n) is 3.51. The second-order valence-electron chi connectivity index (χ2n) is 7.41. The quantitative estimate of drug-likeness (QED) is 0.554. The highest BCUT2D eigenvalue weighted by atomic mass is 16.2. The van der Waals surface area contributed by atoms with E-state index in [9.17, 15) is 9.59 Å². The molecule has 1 aromatic heterocycles. The number of nitrogens with one attached hydrogen (secondary N) is 1. The molecule has 4 aromatic rings. The number of carbonyl (C=O) groups excluding carboxylic acids is 1. The molecule has 3 aromatic carbocycles. The molecule has 0 bridgehead atoms. The van der Waals surface area contributed by atoms with Crippen molar-refractivity contribution in [3.8, 4) is 11.3 Å². The number of aryl methyl sites for hydroxylation is 2. The first-order chi connectivity index (χ1) is 14.5. The molecule has 30 heavy (non-hydrogen) atoms. The summed E-state index contributed by atoms with van der Waals surface area (Å²) >= 11 is 0. The Morgan fingerprint density at radius 3 is 2.43 bits per heavy atom. The maximum absolute atomic E-state index is 12.8. The van der Waals surface area contributed by atoms with Crippen LogP contribution in [0.15, 0.2) is 77.6 Å². The molecule has 0 aliphatic carbocycles. The third kappa shape index (κ3) is 4.01. The molecule has 0 saturated carbocycles. The zero-order valence-electron chi connectivity index (χ0n) is 17.1. The van der Waals surface area contributed by atoms with Gasteiger partial charge in [0.15, 0.2) is 0 Å². The number of hydrogen-bond acceptors (Lipinski definition) is 3. The molecule has 1 N–H and O–H groups in total. The lowest BCUT2D eigenvalue weighted by molar-refractivity contribution is -0.121. The fourth-order valence-corrected chi connectivity index (χ4v) is 3.51. The number of nitrogens with zero attached hydrogens (tertiary/aromatic N) is 2. The molecular formula is C25H23N3O2. The monoisotopic (exact) mass is 397 g/mol. The zero-order chi connectivity index (χ0) is 21.1. The van der Waals surface area contributed by atoms with Crippen molar-refractivity contribution in [1.82, 2.24) is 14.9 Å². The molecule has 0 unspecified atom stereocenters. The molecule has 0 aliphatic rings. The van der Waals surface area contributed by atoms with Gasteiger partial charge in [-0.05, 0) is 36.6 Å². The molecule has 1 amide bonds. The van der Waals surface area contributed by atoms with Crippen LogP contribution in [0.1, 0.15) is 16.7 Å². The van der Waals surface area contributed by atoms with Crippen molar-refractivity contribution >= 4 is 16.8 Å². The molecule has 0 fully saturated rings. The largest absolute Gasteiger partial charge is 0.350 e. The van der Waals surface area contributed by atoms with Crippen molar-refractivity contribution in [3.63, 3.8) is 0 Å². The van der Waals surface area contributed by atoms with Gasteiger partial charge in [0.2, 0.25) is 5.91 Å². The van der Waals surface area contributed by atoms with E-state index in [2.05, 4.69) is 23.3 Å². The maximum Gasteiger partial charge on any atom is 0.349 e. The van der Waals surface area contributed by atoms with Gasteiger partial charge >= 0.3 is 5.69 Å². The van der Waals surface area contributed by atoms with Gasteiger partial charge in [-0.2, -0.15) is 4.98 Å². The molecule has 0 spiro atoms. The first kappa shape index (κ1) is 19.6. The summed E-state index contributed by atoms with van der Waals surface area (Å²) in [6.45, 7) is 4.45. The van der Waals surface area contributed by atoms with E-state index in [1.54, 1.807) is 0 Å². The van der Waals surface area contributed by atoms with E-state index in [1.165, 1.54) is 15.7 Å². The Morgan fingerprint density at radius 1 is 0.933 bits per heavy atom. The Hall–Kier alpha value is -3.73.